The second-order valence-corrected chi connectivity index (χ2v) is 5.64. The van der Waals surface area contributed by atoms with Gasteiger partial charge in [0.25, 0.3) is 0 Å². The summed E-state index contributed by atoms with van der Waals surface area (Å²) in [6.07, 6.45) is 0.802. The molecule has 2 rings (SSSR count). The molecular formula is C17H14Cl2O2. The van der Waals surface area contributed by atoms with Gasteiger partial charge in [-0.05, 0) is 60.3 Å². The van der Waals surface area contributed by atoms with Crippen molar-refractivity contribution in [2.24, 2.45) is 0 Å². The Labute approximate surface area is 133 Å². The summed E-state index contributed by atoms with van der Waals surface area (Å²) in [7, 11) is 0. The molecule has 0 amide bonds. The van der Waals surface area contributed by atoms with E-state index in [-0.39, 0.29) is 17.4 Å². The van der Waals surface area contributed by atoms with E-state index in [0.29, 0.717) is 22.6 Å². The molecule has 4 heteroatoms. The number of aryl methyl sites for hydroxylation is 1. The summed E-state index contributed by atoms with van der Waals surface area (Å²) in [5.41, 5.74) is 3.07. The maximum Gasteiger partial charge on any atom is 0.221 e. The van der Waals surface area contributed by atoms with Crippen molar-refractivity contribution < 1.29 is 9.59 Å². The Kier molecular flexibility index (Phi) is 5.16. The van der Waals surface area contributed by atoms with Gasteiger partial charge in [-0.1, -0.05) is 29.8 Å². The molecule has 0 spiro atoms. The van der Waals surface area contributed by atoms with Gasteiger partial charge in [0, 0.05) is 22.6 Å². The fourth-order valence-corrected chi connectivity index (χ4v) is 2.41. The van der Waals surface area contributed by atoms with E-state index in [1.807, 2.05) is 19.1 Å². The largest absolute Gasteiger partial charge is 0.289 e. The lowest BCUT2D eigenvalue weighted by Crippen LogP contribution is -2.06. The van der Waals surface area contributed by atoms with Crippen LogP contribution in [0.15, 0.2) is 42.5 Å². The van der Waals surface area contributed by atoms with Crippen LogP contribution < -0.4 is 0 Å². The number of carbonyl (C=O) groups is 2. The highest BCUT2D eigenvalue weighted by Crippen LogP contribution is 2.20. The summed E-state index contributed by atoms with van der Waals surface area (Å²) in [4.78, 5) is 23.4. The molecule has 0 fully saturated rings. The molecule has 0 aliphatic carbocycles. The number of hydrogen-bond donors (Lipinski definition) is 0. The van der Waals surface area contributed by atoms with Crippen molar-refractivity contribution in [2.45, 2.75) is 19.8 Å². The van der Waals surface area contributed by atoms with Crippen molar-refractivity contribution in [1.82, 2.24) is 0 Å². The van der Waals surface area contributed by atoms with E-state index in [0.717, 1.165) is 11.1 Å². The maximum atomic E-state index is 12.5. The number of ketones is 1. The number of benzene rings is 2. The minimum absolute atomic E-state index is 0.0526. The van der Waals surface area contributed by atoms with E-state index in [4.69, 9.17) is 23.2 Å². The van der Waals surface area contributed by atoms with Crippen LogP contribution in [0.2, 0.25) is 5.02 Å². The molecule has 0 aliphatic rings. The predicted molar refractivity (Wildman–Crippen MR) is 85.2 cm³/mol. The second kappa shape index (κ2) is 6.88. The number of hydrogen-bond acceptors (Lipinski definition) is 2. The topological polar surface area (TPSA) is 34.1 Å². The van der Waals surface area contributed by atoms with E-state index in [9.17, 15) is 9.59 Å². The van der Waals surface area contributed by atoms with Crippen LogP contribution in [-0.2, 0) is 11.2 Å². The van der Waals surface area contributed by atoms with Crippen molar-refractivity contribution in [3.63, 3.8) is 0 Å². The molecule has 2 aromatic rings. The Hall–Kier alpha value is -1.64. The van der Waals surface area contributed by atoms with Gasteiger partial charge >= 0.3 is 0 Å². The van der Waals surface area contributed by atoms with Gasteiger partial charge in [-0.15, -0.1) is 0 Å². The Morgan fingerprint density at radius 1 is 1.05 bits per heavy atom. The zero-order valence-corrected chi connectivity index (χ0v) is 13.0. The van der Waals surface area contributed by atoms with Crippen LogP contribution in [0, 0.1) is 6.92 Å². The molecule has 21 heavy (non-hydrogen) atoms. The third kappa shape index (κ3) is 3.93. The Balaban J connectivity index is 2.31. The van der Waals surface area contributed by atoms with Crippen molar-refractivity contribution in [3.05, 3.63) is 69.7 Å². The zero-order valence-electron chi connectivity index (χ0n) is 11.5. The van der Waals surface area contributed by atoms with Gasteiger partial charge < -0.3 is 0 Å². The van der Waals surface area contributed by atoms with Gasteiger partial charge in [0.05, 0.1) is 0 Å². The highest BCUT2D eigenvalue weighted by atomic mass is 35.5. The predicted octanol–water partition coefficient (Wildman–Crippen LogP) is 4.58. The molecule has 0 bridgehead atoms. The van der Waals surface area contributed by atoms with Crippen LogP contribution in [0.4, 0.5) is 0 Å². The molecule has 0 saturated heterocycles. The van der Waals surface area contributed by atoms with Gasteiger partial charge in [0.1, 0.15) is 0 Å². The minimum Gasteiger partial charge on any atom is -0.289 e. The lowest BCUT2D eigenvalue weighted by molar-refractivity contribution is -0.111. The summed E-state index contributed by atoms with van der Waals surface area (Å²) < 4.78 is 0. The maximum absolute atomic E-state index is 12.5. The smallest absolute Gasteiger partial charge is 0.221 e. The Morgan fingerprint density at radius 2 is 1.71 bits per heavy atom. The van der Waals surface area contributed by atoms with Crippen LogP contribution in [0.3, 0.4) is 0 Å². The second-order valence-electron chi connectivity index (χ2n) is 4.78. The first-order valence-electron chi connectivity index (χ1n) is 6.56. The zero-order chi connectivity index (χ0) is 15.4. The molecule has 2 nitrogen and oxygen atoms in total. The average molecular weight is 321 g/mol. The summed E-state index contributed by atoms with van der Waals surface area (Å²) >= 11 is 11.2. The standard InChI is InChI=1S/C17H14Cl2O2/c1-11-12(7-10-16(19)20)3-2-4-15(11)17(21)13-5-8-14(18)9-6-13/h2-6,8-9H,7,10H2,1H3. The summed E-state index contributed by atoms with van der Waals surface area (Å²) in [5.74, 6) is -0.0526. The molecule has 0 unspecified atom stereocenters. The number of halogens is 2. The lowest BCUT2D eigenvalue weighted by Gasteiger charge is -2.10. The first kappa shape index (κ1) is 15.7. The van der Waals surface area contributed by atoms with Gasteiger partial charge in [-0.3, -0.25) is 9.59 Å². The molecule has 0 aromatic heterocycles. The third-order valence-corrected chi connectivity index (χ3v) is 3.83. The summed E-state index contributed by atoms with van der Waals surface area (Å²) in [6, 6.07) is 12.3. The van der Waals surface area contributed by atoms with E-state index in [1.54, 1.807) is 30.3 Å². The van der Waals surface area contributed by atoms with Crippen LogP contribution in [-0.4, -0.2) is 11.0 Å². The van der Waals surface area contributed by atoms with Gasteiger partial charge in [0.15, 0.2) is 5.78 Å². The van der Waals surface area contributed by atoms with E-state index >= 15 is 0 Å². The molecule has 0 radical (unpaired) electrons. The first-order chi connectivity index (χ1) is 9.99. The van der Waals surface area contributed by atoms with Crippen molar-refractivity contribution >= 4 is 34.2 Å². The first-order valence-corrected chi connectivity index (χ1v) is 7.31. The highest BCUT2D eigenvalue weighted by Gasteiger charge is 2.14. The van der Waals surface area contributed by atoms with Gasteiger partial charge in [-0.25, -0.2) is 0 Å². The average Bonchev–Trinajstić information content (AvgIpc) is 2.46. The molecule has 0 aliphatic heterocycles. The Bertz CT molecular complexity index is 676. The monoisotopic (exact) mass is 320 g/mol. The number of carbonyl (C=O) groups excluding carboxylic acids is 2. The molecule has 108 valence electrons. The third-order valence-electron chi connectivity index (χ3n) is 3.39. The lowest BCUT2D eigenvalue weighted by atomic mass is 9.94. The molecule has 0 heterocycles. The number of rotatable bonds is 5. The normalized spacial score (nSPS) is 10.4. The molecule has 0 saturated carbocycles. The quantitative estimate of drug-likeness (QED) is 0.597. The SMILES string of the molecule is Cc1c(CCC(=O)Cl)cccc1C(=O)c1ccc(Cl)cc1. The highest BCUT2D eigenvalue weighted by molar-refractivity contribution is 6.63. The van der Waals surface area contributed by atoms with Crippen molar-refractivity contribution in [3.8, 4) is 0 Å². The molecule has 2 aromatic carbocycles. The van der Waals surface area contributed by atoms with E-state index < -0.39 is 0 Å². The fourth-order valence-electron chi connectivity index (χ4n) is 2.19. The van der Waals surface area contributed by atoms with E-state index in [1.165, 1.54) is 0 Å². The van der Waals surface area contributed by atoms with Gasteiger partial charge in [-0.2, -0.15) is 0 Å². The molecular weight excluding hydrogens is 307 g/mol. The van der Waals surface area contributed by atoms with Crippen LogP contribution in [0.1, 0.15) is 33.5 Å². The fraction of sp³-hybridized carbons (Fsp3) is 0.176. The summed E-state index contributed by atoms with van der Waals surface area (Å²) in [6.45, 7) is 1.89. The van der Waals surface area contributed by atoms with Crippen LogP contribution >= 0.6 is 23.2 Å². The van der Waals surface area contributed by atoms with Crippen molar-refractivity contribution in [1.29, 1.82) is 0 Å². The molecule has 0 N–H and O–H groups in total. The minimum atomic E-state index is -0.371. The van der Waals surface area contributed by atoms with Crippen molar-refractivity contribution in [2.75, 3.05) is 0 Å². The Morgan fingerprint density at radius 3 is 2.33 bits per heavy atom. The summed E-state index contributed by atoms with van der Waals surface area (Å²) in [5, 5.41) is 0.224. The van der Waals surface area contributed by atoms with Gasteiger partial charge in [0.2, 0.25) is 5.24 Å². The molecule has 0 atom stereocenters. The van der Waals surface area contributed by atoms with Crippen LogP contribution in [0.25, 0.3) is 0 Å². The van der Waals surface area contributed by atoms with Crippen LogP contribution in [0.5, 0.6) is 0 Å². The van der Waals surface area contributed by atoms with E-state index in [2.05, 4.69) is 0 Å².